The highest BCUT2D eigenvalue weighted by Gasteiger charge is 2.75. The standard InChI is InChI=1S/C39H54O6/c1-34(2)18-20-39-21-19-37(6)25(30(39)32(34)45-33(39)43)13-14-28-36(5)22-26(41)31(35(3,4)27(36)16-17-38(28,37)7)44-29(42)15-10-23-8-11-24(40)12-9-23/h8-12,15,25-28,30-32,40-41H,13-14,16-22H2,1-7H3/t25-,26-,27-,28-,30+,31+,32-,36+,37+,38-,39+/m1/s1. The molecule has 0 unspecified atom stereocenters. The number of rotatable bonds is 3. The Labute approximate surface area is 269 Å². The van der Waals surface area contributed by atoms with E-state index in [9.17, 15) is 19.8 Å². The van der Waals surface area contributed by atoms with Crippen molar-refractivity contribution < 1.29 is 29.3 Å². The number of esters is 2. The Hall–Kier alpha value is -2.34. The number of fused-ring (bicyclic) bond motifs is 5. The summed E-state index contributed by atoms with van der Waals surface area (Å²) < 4.78 is 12.4. The number of phenolic OH excluding ortho intramolecular Hbond substituents is 1. The molecule has 1 aliphatic heterocycles. The fraction of sp³-hybridized carbons (Fsp3) is 0.744. The molecule has 1 aromatic carbocycles. The molecule has 246 valence electrons. The molecule has 1 aromatic rings. The smallest absolute Gasteiger partial charge is 0.331 e. The van der Waals surface area contributed by atoms with Crippen molar-refractivity contribution in [1.82, 2.24) is 0 Å². The van der Waals surface area contributed by atoms with Gasteiger partial charge in [0.15, 0.2) is 0 Å². The van der Waals surface area contributed by atoms with Crippen LogP contribution in [0.3, 0.4) is 0 Å². The van der Waals surface area contributed by atoms with Gasteiger partial charge in [-0.2, -0.15) is 0 Å². The molecule has 6 aliphatic rings. The minimum absolute atomic E-state index is 0.0170. The highest BCUT2D eigenvalue weighted by Crippen LogP contribution is 2.78. The Balaban J connectivity index is 1.15. The second-order valence-corrected chi connectivity index (χ2v) is 18.0. The molecule has 5 saturated carbocycles. The first kappa shape index (κ1) is 31.3. The summed E-state index contributed by atoms with van der Waals surface area (Å²) in [6.45, 7) is 16.6. The molecule has 1 saturated heterocycles. The molecule has 0 radical (unpaired) electrons. The summed E-state index contributed by atoms with van der Waals surface area (Å²) in [7, 11) is 0. The molecule has 0 aromatic heterocycles. The predicted octanol–water partition coefficient (Wildman–Crippen LogP) is 7.70. The molecule has 7 rings (SSSR count). The van der Waals surface area contributed by atoms with Crippen LogP contribution in [-0.4, -0.2) is 40.5 Å². The predicted molar refractivity (Wildman–Crippen MR) is 173 cm³/mol. The van der Waals surface area contributed by atoms with Crippen molar-refractivity contribution in [2.24, 2.45) is 56.2 Å². The van der Waals surface area contributed by atoms with Crippen LogP contribution in [0.5, 0.6) is 5.75 Å². The van der Waals surface area contributed by atoms with Gasteiger partial charge in [0, 0.05) is 22.8 Å². The largest absolute Gasteiger partial charge is 0.508 e. The van der Waals surface area contributed by atoms with Crippen LogP contribution in [-0.2, 0) is 19.1 Å². The van der Waals surface area contributed by atoms with Crippen molar-refractivity contribution >= 4 is 18.0 Å². The Kier molecular flexibility index (Phi) is 6.84. The third-order valence-corrected chi connectivity index (χ3v) is 15.5. The topological polar surface area (TPSA) is 93.1 Å². The minimum Gasteiger partial charge on any atom is -0.508 e. The summed E-state index contributed by atoms with van der Waals surface area (Å²) in [5.74, 6) is 1.36. The molecule has 1 heterocycles. The molecule has 2 N–H and O–H groups in total. The number of aliphatic hydroxyl groups is 1. The summed E-state index contributed by atoms with van der Waals surface area (Å²) in [4.78, 5) is 26.6. The van der Waals surface area contributed by atoms with Gasteiger partial charge in [-0.1, -0.05) is 60.6 Å². The van der Waals surface area contributed by atoms with E-state index in [1.165, 1.54) is 6.08 Å². The Morgan fingerprint density at radius 3 is 2.29 bits per heavy atom. The van der Waals surface area contributed by atoms with Crippen LogP contribution in [0.4, 0.5) is 0 Å². The van der Waals surface area contributed by atoms with E-state index in [1.54, 1.807) is 30.3 Å². The quantitative estimate of drug-likeness (QED) is 0.266. The van der Waals surface area contributed by atoms with Gasteiger partial charge in [-0.05, 0) is 116 Å². The lowest BCUT2D eigenvalue weighted by atomic mass is 9.31. The fourth-order valence-corrected chi connectivity index (χ4v) is 13.1. The van der Waals surface area contributed by atoms with Crippen LogP contribution in [0.25, 0.3) is 6.08 Å². The Morgan fingerprint density at radius 1 is 0.889 bits per heavy atom. The number of benzene rings is 1. The zero-order valence-corrected chi connectivity index (χ0v) is 28.4. The maximum absolute atomic E-state index is 13.5. The number of phenols is 1. The van der Waals surface area contributed by atoms with E-state index in [4.69, 9.17) is 9.47 Å². The monoisotopic (exact) mass is 618 g/mol. The third-order valence-electron chi connectivity index (χ3n) is 15.5. The van der Waals surface area contributed by atoms with E-state index in [0.717, 1.165) is 56.9 Å². The summed E-state index contributed by atoms with van der Waals surface area (Å²) >= 11 is 0. The Bertz CT molecular complexity index is 1410. The second kappa shape index (κ2) is 9.84. The summed E-state index contributed by atoms with van der Waals surface area (Å²) in [6, 6.07) is 6.66. The lowest BCUT2D eigenvalue weighted by molar-refractivity contribution is -0.268. The lowest BCUT2D eigenvalue weighted by Crippen LogP contribution is -2.69. The molecular weight excluding hydrogens is 564 g/mol. The third kappa shape index (κ3) is 4.15. The van der Waals surface area contributed by atoms with Gasteiger partial charge in [0.25, 0.3) is 0 Å². The van der Waals surface area contributed by atoms with Gasteiger partial charge >= 0.3 is 11.9 Å². The lowest BCUT2D eigenvalue weighted by Gasteiger charge is -2.73. The Morgan fingerprint density at radius 2 is 1.58 bits per heavy atom. The van der Waals surface area contributed by atoms with E-state index in [1.807, 2.05) is 0 Å². The van der Waals surface area contributed by atoms with Crippen LogP contribution >= 0.6 is 0 Å². The molecule has 5 aliphatic carbocycles. The van der Waals surface area contributed by atoms with Crippen LogP contribution in [0.15, 0.2) is 30.3 Å². The maximum Gasteiger partial charge on any atom is 0.331 e. The first-order valence-corrected chi connectivity index (χ1v) is 17.6. The number of aliphatic hydroxyl groups excluding tert-OH is 1. The summed E-state index contributed by atoms with van der Waals surface area (Å²) in [6.07, 6.45) is 10.9. The number of hydrogen-bond donors (Lipinski definition) is 2. The van der Waals surface area contributed by atoms with Crippen LogP contribution < -0.4 is 0 Å². The average molecular weight is 619 g/mol. The first-order chi connectivity index (χ1) is 21.0. The van der Waals surface area contributed by atoms with Crippen molar-refractivity contribution in [2.75, 3.05) is 0 Å². The van der Waals surface area contributed by atoms with Gasteiger partial charge in [0.2, 0.25) is 0 Å². The molecule has 0 spiro atoms. The second-order valence-electron chi connectivity index (χ2n) is 18.0. The highest BCUT2D eigenvalue weighted by atomic mass is 16.6. The molecular formula is C39H54O6. The van der Waals surface area contributed by atoms with Crippen molar-refractivity contribution in [1.29, 1.82) is 0 Å². The van der Waals surface area contributed by atoms with Crippen LogP contribution in [0.1, 0.15) is 112 Å². The average Bonchev–Trinajstić information content (AvgIpc) is 3.22. The van der Waals surface area contributed by atoms with E-state index in [2.05, 4.69) is 48.5 Å². The van der Waals surface area contributed by atoms with Crippen molar-refractivity contribution in [3.8, 4) is 5.75 Å². The van der Waals surface area contributed by atoms with Gasteiger partial charge in [-0.25, -0.2) is 4.79 Å². The molecule has 6 fully saturated rings. The molecule has 45 heavy (non-hydrogen) atoms. The highest BCUT2D eigenvalue weighted by molar-refractivity contribution is 5.87. The number of carbonyl (C=O) groups excluding carboxylic acids is 2. The molecule has 0 amide bonds. The number of ether oxygens (including phenoxy) is 2. The SMILES string of the molecule is CC1(C)CC[C@]23CC[C@@]4(C)[C@H](CC[C@@H]5[C@@]6(C)C[C@@H](O)[C@H](OC(=O)C=Cc7ccc(O)cc7)C(C)(C)[C@H]6CC[C@]54C)[C@H]2[C@H]1OC3=O. The van der Waals surface area contributed by atoms with Crippen LogP contribution in [0, 0.1) is 56.2 Å². The summed E-state index contributed by atoms with van der Waals surface area (Å²) in [5, 5.41) is 21.3. The fourth-order valence-electron chi connectivity index (χ4n) is 13.1. The van der Waals surface area contributed by atoms with Crippen molar-refractivity contribution in [3.63, 3.8) is 0 Å². The zero-order chi connectivity index (χ0) is 32.4. The molecule has 6 heteroatoms. The van der Waals surface area contributed by atoms with E-state index < -0.39 is 23.6 Å². The molecule has 6 nitrogen and oxygen atoms in total. The van der Waals surface area contributed by atoms with Gasteiger partial charge in [0.1, 0.15) is 18.0 Å². The van der Waals surface area contributed by atoms with Gasteiger partial charge in [0.05, 0.1) is 11.5 Å². The summed E-state index contributed by atoms with van der Waals surface area (Å²) in [5.41, 5.74) is 0.256. The van der Waals surface area contributed by atoms with Gasteiger partial charge < -0.3 is 19.7 Å². The normalized spacial score (nSPS) is 47.6. The van der Waals surface area contributed by atoms with Gasteiger partial charge in [-0.15, -0.1) is 0 Å². The number of aromatic hydroxyl groups is 1. The first-order valence-electron chi connectivity index (χ1n) is 17.6. The van der Waals surface area contributed by atoms with E-state index in [-0.39, 0.29) is 44.9 Å². The minimum atomic E-state index is -0.740. The molecule has 2 bridgehead atoms. The van der Waals surface area contributed by atoms with Gasteiger partial charge in [-0.3, -0.25) is 4.79 Å². The maximum atomic E-state index is 13.5. The number of carbonyl (C=O) groups is 2. The molecule has 11 atom stereocenters. The van der Waals surface area contributed by atoms with E-state index in [0.29, 0.717) is 30.1 Å². The van der Waals surface area contributed by atoms with Crippen molar-refractivity contribution in [3.05, 3.63) is 35.9 Å². The van der Waals surface area contributed by atoms with Crippen molar-refractivity contribution in [2.45, 2.75) is 125 Å². The van der Waals surface area contributed by atoms with Crippen LogP contribution in [0.2, 0.25) is 0 Å². The number of hydrogen-bond acceptors (Lipinski definition) is 6. The van der Waals surface area contributed by atoms with E-state index >= 15 is 0 Å². The zero-order valence-electron chi connectivity index (χ0n) is 28.4.